The maximum Gasteiger partial charge on any atom is 0.0541 e. The molecule has 0 spiro atoms. The van der Waals surface area contributed by atoms with Gasteiger partial charge in [0.2, 0.25) is 0 Å². The predicted molar refractivity (Wildman–Crippen MR) is 258 cm³/mol. The summed E-state index contributed by atoms with van der Waals surface area (Å²) in [7, 11) is 0. The summed E-state index contributed by atoms with van der Waals surface area (Å²) in [4.78, 5) is 0. The number of aromatic nitrogens is 2. The van der Waals surface area contributed by atoms with Crippen LogP contribution in [-0.2, 0) is 10.8 Å². The quantitative estimate of drug-likeness (QED) is 0.138. The van der Waals surface area contributed by atoms with Crippen molar-refractivity contribution in [1.82, 2.24) is 9.13 Å². The smallest absolute Gasteiger partial charge is 0.0541 e. The fraction of sp³-hybridized carbons (Fsp3) is 0.172. The highest BCUT2D eigenvalue weighted by atomic mass is 15.0. The lowest BCUT2D eigenvalue weighted by Gasteiger charge is -2.23. The Bertz CT molecular complexity index is 2990. The van der Waals surface area contributed by atoms with Crippen molar-refractivity contribution in [1.29, 1.82) is 0 Å². The third kappa shape index (κ3) is 6.34. The fourth-order valence-electron chi connectivity index (χ4n) is 9.12. The molecule has 0 aliphatic heterocycles. The topological polar surface area (TPSA) is 9.86 Å². The van der Waals surface area contributed by atoms with Crippen molar-refractivity contribution in [3.8, 4) is 44.8 Å². The van der Waals surface area contributed by atoms with Crippen LogP contribution >= 0.6 is 0 Å². The van der Waals surface area contributed by atoms with Gasteiger partial charge < -0.3 is 9.13 Å². The largest absolute Gasteiger partial charge is 0.309 e. The monoisotopic (exact) mass is 776 g/mol. The van der Waals surface area contributed by atoms with Crippen molar-refractivity contribution in [2.45, 2.75) is 65.2 Å². The molecule has 0 unspecified atom stereocenters. The van der Waals surface area contributed by atoms with Crippen molar-refractivity contribution in [3.05, 3.63) is 193 Å². The van der Waals surface area contributed by atoms with E-state index >= 15 is 0 Å². The minimum atomic E-state index is 0.0829. The minimum absolute atomic E-state index is 0.0829. The molecule has 0 aliphatic rings. The zero-order valence-corrected chi connectivity index (χ0v) is 35.6. The summed E-state index contributed by atoms with van der Waals surface area (Å²) in [6.45, 7) is 14.0. The second kappa shape index (κ2) is 14.6. The highest BCUT2D eigenvalue weighted by molar-refractivity contribution is 6.12. The molecule has 2 nitrogen and oxygen atoms in total. The van der Waals surface area contributed by atoms with Crippen LogP contribution in [0.25, 0.3) is 88.4 Å². The van der Waals surface area contributed by atoms with Gasteiger partial charge in [-0.15, -0.1) is 0 Å². The zero-order chi connectivity index (χ0) is 41.2. The number of rotatable bonds is 9. The first-order chi connectivity index (χ1) is 29.1. The average molecular weight is 777 g/mol. The van der Waals surface area contributed by atoms with Crippen LogP contribution in [0.5, 0.6) is 0 Å². The van der Waals surface area contributed by atoms with Crippen LogP contribution in [0.2, 0.25) is 0 Å². The van der Waals surface area contributed by atoms with E-state index in [2.05, 4.69) is 233 Å². The van der Waals surface area contributed by atoms with Crippen molar-refractivity contribution >= 4 is 43.6 Å². The highest BCUT2D eigenvalue weighted by Gasteiger charge is 2.23. The molecule has 2 heteroatoms. The first-order valence-electron chi connectivity index (χ1n) is 21.6. The second-order valence-corrected chi connectivity index (χ2v) is 17.9. The molecule has 0 atom stereocenters. The van der Waals surface area contributed by atoms with Crippen LogP contribution in [0.3, 0.4) is 0 Å². The van der Waals surface area contributed by atoms with Gasteiger partial charge in [0, 0.05) is 32.9 Å². The van der Waals surface area contributed by atoms with E-state index in [0.717, 1.165) is 24.2 Å². The zero-order valence-electron chi connectivity index (χ0n) is 35.6. The molecule has 2 heterocycles. The molecular weight excluding hydrogens is 725 g/mol. The van der Waals surface area contributed by atoms with Crippen LogP contribution in [-0.4, -0.2) is 9.13 Å². The van der Waals surface area contributed by atoms with Gasteiger partial charge in [-0.25, -0.2) is 0 Å². The number of benzene rings is 8. The first-order valence-corrected chi connectivity index (χ1v) is 21.6. The summed E-state index contributed by atoms with van der Waals surface area (Å²) in [5.41, 5.74) is 17.4. The van der Waals surface area contributed by atoms with E-state index in [1.165, 1.54) is 88.1 Å². The summed E-state index contributed by atoms with van der Waals surface area (Å²) in [6, 6.07) is 67.9. The predicted octanol–water partition coefficient (Wildman–Crippen LogP) is 16.3. The molecule has 0 N–H and O–H groups in total. The summed E-state index contributed by atoms with van der Waals surface area (Å²) < 4.78 is 4.92. The molecule has 0 radical (unpaired) electrons. The van der Waals surface area contributed by atoms with Crippen molar-refractivity contribution < 1.29 is 0 Å². The molecule has 2 aromatic heterocycles. The number of nitrogens with zero attached hydrogens (tertiary/aromatic N) is 2. The van der Waals surface area contributed by atoms with E-state index < -0.39 is 0 Å². The van der Waals surface area contributed by atoms with Gasteiger partial charge in [-0.3, -0.25) is 0 Å². The summed E-state index contributed by atoms with van der Waals surface area (Å²) >= 11 is 0. The molecule has 0 amide bonds. The van der Waals surface area contributed by atoms with E-state index in [1.807, 2.05) is 0 Å². The van der Waals surface area contributed by atoms with E-state index in [4.69, 9.17) is 0 Å². The SMILES string of the molecule is CCC(C)(C)c1ccc2c(c1)c1cc(-c3ccccc3)ccc1n2-c1cccc(-c2cccc(-n3c4ccc(-c5ccccc5)cc4c4cc(C(C)(C)CC)ccc43)c2)c1. The molecular formula is C58H52N2. The van der Waals surface area contributed by atoms with Gasteiger partial charge in [0.25, 0.3) is 0 Å². The lowest BCUT2D eigenvalue weighted by atomic mass is 9.82. The Balaban J connectivity index is 1.12. The van der Waals surface area contributed by atoms with E-state index in [-0.39, 0.29) is 10.8 Å². The Morgan fingerprint density at radius 3 is 1.03 bits per heavy atom. The maximum atomic E-state index is 2.46. The summed E-state index contributed by atoms with van der Waals surface area (Å²) in [5, 5.41) is 5.14. The molecule has 8 aromatic carbocycles. The third-order valence-electron chi connectivity index (χ3n) is 13.6. The Labute approximate surface area is 354 Å². The molecule has 0 saturated heterocycles. The van der Waals surface area contributed by atoms with Crippen LogP contribution in [0.4, 0.5) is 0 Å². The average Bonchev–Trinajstić information content (AvgIpc) is 3.81. The molecule has 294 valence electrons. The Hall–Kier alpha value is -6.64. The lowest BCUT2D eigenvalue weighted by Crippen LogP contribution is -2.15. The molecule has 0 saturated carbocycles. The van der Waals surface area contributed by atoms with E-state index in [1.54, 1.807) is 0 Å². The molecule has 0 aliphatic carbocycles. The number of fused-ring (bicyclic) bond motifs is 6. The van der Waals surface area contributed by atoms with Crippen LogP contribution in [0.1, 0.15) is 65.5 Å². The van der Waals surface area contributed by atoms with Gasteiger partial charge in [0.1, 0.15) is 0 Å². The molecule has 0 bridgehead atoms. The van der Waals surface area contributed by atoms with Crippen molar-refractivity contribution in [2.75, 3.05) is 0 Å². The Morgan fingerprint density at radius 1 is 0.317 bits per heavy atom. The standard InChI is InChI=1S/C58H52N2/c1-7-57(3,4)45-27-31-55-51(37-45)49-35-43(39-17-11-9-12-18-39)25-29-53(49)59(55)47-23-15-21-41(33-47)42-22-16-24-48(34-42)60-54-30-26-44(40-19-13-10-14-20-40)36-50(54)52-38-46(28-32-56(52)60)58(5,6)8-2/h9-38H,7-8H2,1-6H3. The third-order valence-corrected chi connectivity index (χ3v) is 13.6. The summed E-state index contributed by atoms with van der Waals surface area (Å²) in [6.07, 6.45) is 2.16. The minimum Gasteiger partial charge on any atom is -0.309 e. The molecule has 10 aromatic rings. The van der Waals surface area contributed by atoms with Gasteiger partial charge in [-0.2, -0.15) is 0 Å². The number of hydrogen-bond donors (Lipinski definition) is 0. The van der Waals surface area contributed by atoms with Gasteiger partial charge in [0.15, 0.2) is 0 Å². The van der Waals surface area contributed by atoms with E-state index in [0.29, 0.717) is 0 Å². The van der Waals surface area contributed by atoms with Crippen molar-refractivity contribution in [2.24, 2.45) is 0 Å². The second-order valence-electron chi connectivity index (χ2n) is 17.9. The van der Waals surface area contributed by atoms with Crippen molar-refractivity contribution in [3.63, 3.8) is 0 Å². The Kier molecular flexibility index (Phi) is 9.14. The lowest BCUT2D eigenvalue weighted by molar-refractivity contribution is 0.507. The van der Waals surface area contributed by atoms with Crippen LogP contribution in [0.15, 0.2) is 182 Å². The first kappa shape index (κ1) is 37.6. The summed E-state index contributed by atoms with van der Waals surface area (Å²) in [5.74, 6) is 0. The number of hydrogen-bond acceptors (Lipinski definition) is 0. The van der Waals surface area contributed by atoms with Gasteiger partial charge in [-0.05, 0) is 141 Å². The van der Waals surface area contributed by atoms with Gasteiger partial charge in [0.05, 0.1) is 22.1 Å². The molecule has 60 heavy (non-hydrogen) atoms. The normalized spacial score (nSPS) is 12.3. The highest BCUT2D eigenvalue weighted by Crippen LogP contribution is 2.41. The van der Waals surface area contributed by atoms with Gasteiger partial charge in [-0.1, -0.05) is 151 Å². The van der Waals surface area contributed by atoms with Gasteiger partial charge >= 0.3 is 0 Å². The molecule has 10 rings (SSSR count). The maximum absolute atomic E-state index is 2.46. The fourth-order valence-corrected chi connectivity index (χ4v) is 9.12. The van der Waals surface area contributed by atoms with Crippen LogP contribution in [0, 0.1) is 0 Å². The van der Waals surface area contributed by atoms with E-state index in [9.17, 15) is 0 Å². The Morgan fingerprint density at radius 2 is 0.650 bits per heavy atom. The molecule has 0 fully saturated rings. The van der Waals surface area contributed by atoms with Crippen LogP contribution < -0.4 is 0 Å².